The summed E-state index contributed by atoms with van der Waals surface area (Å²) in [4.78, 5) is 0. The summed E-state index contributed by atoms with van der Waals surface area (Å²) in [5.74, 6) is 0.429. The molecule has 2 rings (SSSR count). The predicted octanol–water partition coefficient (Wildman–Crippen LogP) is 4.54. The number of aryl methyl sites for hydroxylation is 1. The summed E-state index contributed by atoms with van der Waals surface area (Å²) >= 11 is 6.16. The molecule has 1 nitrogen and oxygen atoms in total. The normalized spacial score (nSPS) is 17.6. The molecule has 1 unspecified atom stereocenters. The molecule has 0 N–H and O–H groups in total. The zero-order valence-electron chi connectivity index (χ0n) is 9.71. The molecule has 0 radical (unpaired) electrons. The van der Waals surface area contributed by atoms with Gasteiger partial charge in [-0.25, -0.2) is 0 Å². The first-order valence-corrected chi connectivity index (χ1v) is 6.36. The van der Waals surface area contributed by atoms with Crippen LogP contribution in [0.15, 0.2) is 24.3 Å². The van der Waals surface area contributed by atoms with Crippen molar-refractivity contribution in [2.45, 2.75) is 37.4 Å². The SMILES string of the molecule is FC(F)(F)Oc1cccc(CCC(Cl)C2CC2)c1. The number of hydrogen-bond acceptors (Lipinski definition) is 1. The Hall–Kier alpha value is -0.900. The van der Waals surface area contributed by atoms with E-state index in [0.717, 1.165) is 12.0 Å². The third kappa shape index (κ3) is 4.41. The average Bonchev–Trinajstić information content (AvgIpc) is 3.07. The monoisotopic (exact) mass is 278 g/mol. The molecule has 0 aromatic heterocycles. The molecule has 0 aliphatic heterocycles. The van der Waals surface area contributed by atoms with Gasteiger partial charge in [-0.15, -0.1) is 24.8 Å². The maximum absolute atomic E-state index is 12.1. The topological polar surface area (TPSA) is 9.23 Å². The van der Waals surface area contributed by atoms with E-state index in [2.05, 4.69) is 4.74 Å². The van der Waals surface area contributed by atoms with Crippen LogP contribution in [-0.4, -0.2) is 11.7 Å². The van der Waals surface area contributed by atoms with Crippen LogP contribution in [0.1, 0.15) is 24.8 Å². The van der Waals surface area contributed by atoms with E-state index in [1.807, 2.05) is 0 Å². The van der Waals surface area contributed by atoms with Crippen molar-refractivity contribution in [3.05, 3.63) is 29.8 Å². The second-order valence-electron chi connectivity index (χ2n) is 4.59. The molecule has 1 aliphatic rings. The number of ether oxygens (including phenoxy) is 1. The minimum Gasteiger partial charge on any atom is -0.406 e. The van der Waals surface area contributed by atoms with E-state index >= 15 is 0 Å². The van der Waals surface area contributed by atoms with Crippen molar-refractivity contribution in [2.75, 3.05) is 0 Å². The Bertz CT molecular complexity index is 401. The van der Waals surface area contributed by atoms with E-state index in [1.165, 1.54) is 25.0 Å². The summed E-state index contributed by atoms with van der Waals surface area (Å²) in [7, 11) is 0. The van der Waals surface area contributed by atoms with Crippen molar-refractivity contribution < 1.29 is 17.9 Å². The van der Waals surface area contributed by atoms with Crippen molar-refractivity contribution in [1.29, 1.82) is 0 Å². The predicted molar refractivity (Wildman–Crippen MR) is 63.8 cm³/mol. The van der Waals surface area contributed by atoms with Crippen molar-refractivity contribution >= 4 is 11.6 Å². The molecule has 18 heavy (non-hydrogen) atoms. The van der Waals surface area contributed by atoms with Gasteiger partial charge >= 0.3 is 6.36 Å². The van der Waals surface area contributed by atoms with Crippen LogP contribution in [0.2, 0.25) is 0 Å². The molecule has 0 amide bonds. The lowest BCUT2D eigenvalue weighted by Gasteiger charge is -2.11. The Morgan fingerprint density at radius 3 is 2.67 bits per heavy atom. The van der Waals surface area contributed by atoms with E-state index in [9.17, 15) is 13.2 Å². The van der Waals surface area contributed by atoms with E-state index in [-0.39, 0.29) is 11.1 Å². The first-order valence-electron chi connectivity index (χ1n) is 5.93. The standard InChI is InChI=1S/C13H14ClF3O/c14-12(10-5-6-10)7-4-9-2-1-3-11(8-9)18-13(15,16)17/h1-3,8,10,12H,4-7H2. The zero-order chi connectivity index (χ0) is 13.2. The van der Waals surface area contributed by atoms with Crippen LogP contribution in [-0.2, 0) is 6.42 Å². The Labute approximate surface area is 109 Å². The molecule has 1 aliphatic carbocycles. The Kier molecular flexibility index (Phi) is 4.05. The van der Waals surface area contributed by atoms with Gasteiger partial charge in [0.2, 0.25) is 0 Å². The van der Waals surface area contributed by atoms with Crippen LogP contribution in [0.3, 0.4) is 0 Å². The van der Waals surface area contributed by atoms with Crippen molar-refractivity contribution in [3.8, 4) is 5.75 Å². The lowest BCUT2D eigenvalue weighted by Crippen LogP contribution is -2.17. The highest BCUT2D eigenvalue weighted by Crippen LogP contribution is 2.37. The number of halogens is 4. The number of alkyl halides is 4. The third-order valence-corrected chi connectivity index (χ3v) is 3.55. The smallest absolute Gasteiger partial charge is 0.406 e. The summed E-state index contributed by atoms with van der Waals surface area (Å²) in [5.41, 5.74) is 0.822. The minimum absolute atomic E-state index is 0.136. The molecule has 1 atom stereocenters. The zero-order valence-corrected chi connectivity index (χ0v) is 10.5. The van der Waals surface area contributed by atoms with E-state index in [4.69, 9.17) is 11.6 Å². The van der Waals surface area contributed by atoms with Gasteiger partial charge in [-0.2, -0.15) is 0 Å². The largest absolute Gasteiger partial charge is 0.573 e. The Balaban J connectivity index is 1.90. The average molecular weight is 279 g/mol. The van der Waals surface area contributed by atoms with E-state index < -0.39 is 6.36 Å². The van der Waals surface area contributed by atoms with Crippen LogP contribution < -0.4 is 4.74 Å². The van der Waals surface area contributed by atoms with E-state index in [0.29, 0.717) is 12.3 Å². The Morgan fingerprint density at radius 1 is 1.33 bits per heavy atom. The molecule has 0 spiro atoms. The lowest BCUT2D eigenvalue weighted by molar-refractivity contribution is -0.274. The van der Waals surface area contributed by atoms with Crippen molar-refractivity contribution in [1.82, 2.24) is 0 Å². The van der Waals surface area contributed by atoms with Gasteiger partial charge in [0, 0.05) is 5.38 Å². The lowest BCUT2D eigenvalue weighted by atomic mass is 10.1. The highest BCUT2D eigenvalue weighted by atomic mass is 35.5. The number of rotatable bonds is 5. The second-order valence-corrected chi connectivity index (χ2v) is 5.15. The van der Waals surface area contributed by atoms with Gasteiger partial charge in [0.05, 0.1) is 0 Å². The van der Waals surface area contributed by atoms with Gasteiger partial charge in [0.25, 0.3) is 0 Å². The van der Waals surface area contributed by atoms with Gasteiger partial charge in [-0.3, -0.25) is 0 Å². The fraction of sp³-hybridized carbons (Fsp3) is 0.538. The highest BCUT2D eigenvalue weighted by Gasteiger charge is 2.31. The van der Waals surface area contributed by atoms with Gasteiger partial charge in [0.15, 0.2) is 0 Å². The summed E-state index contributed by atoms with van der Waals surface area (Å²) < 4.78 is 40.0. The molecule has 100 valence electrons. The molecule has 0 bridgehead atoms. The van der Waals surface area contributed by atoms with Crippen molar-refractivity contribution in [3.63, 3.8) is 0 Å². The molecule has 1 saturated carbocycles. The molecule has 1 aromatic rings. The summed E-state index contributed by atoms with van der Waals surface area (Å²) in [6.07, 6.45) is -0.820. The summed E-state index contributed by atoms with van der Waals surface area (Å²) in [6.45, 7) is 0. The second kappa shape index (κ2) is 5.39. The molecular formula is C13H14ClF3O. The molecule has 0 saturated heterocycles. The molecular weight excluding hydrogens is 265 g/mol. The van der Waals surface area contributed by atoms with Crippen LogP contribution in [0, 0.1) is 5.92 Å². The first kappa shape index (κ1) is 13.5. The van der Waals surface area contributed by atoms with Gasteiger partial charge < -0.3 is 4.74 Å². The highest BCUT2D eigenvalue weighted by molar-refractivity contribution is 6.20. The number of benzene rings is 1. The van der Waals surface area contributed by atoms with Crippen LogP contribution in [0.5, 0.6) is 5.75 Å². The van der Waals surface area contributed by atoms with Gasteiger partial charge in [-0.1, -0.05) is 12.1 Å². The molecule has 5 heteroatoms. The van der Waals surface area contributed by atoms with Gasteiger partial charge in [0.1, 0.15) is 5.75 Å². The summed E-state index contributed by atoms with van der Waals surface area (Å²) in [6, 6.07) is 6.08. The fourth-order valence-corrected chi connectivity index (χ4v) is 2.26. The fourth-order valence-electron chi connectivity index (χ4n) is 1.90. The maximum atomic E-state index is 12.1. The van der Waals surface area contributed by atoms with Crippen molar-refractivity contribution in [2.24, 2.45) is 5.92 Å². The maximum Gasteiger partial charge on any atom is 0.573 e. The van der Waals surface area contributed by atoms with E-state index in [1.54, 1.807) is 12.1 Å². The van der Waals surface area contributed by atoms with Crippen LogP contribution in [0.25, 0.3) is 0 Å². The molecule has 0 heterocycles. The summed E-state index contributed by atoms with van der Waals surface area (Å²) in [5, 5.41) is 0.136. The van der Waals surface area contributed by atoms with Crippen LogP contribution >= 0.6 is 11.6 Å². The molecule has 1 fully saturated rings. The minimum atomic E-state index is -4.64. The first-order chi connectivity index (χ1) is 8.44. The Morgan fingerprint density at radius 2 is 2.06 bits per heavy atom. The number of hydrogen-bond donors (Lipinski definition) is 0. The van der Waals surface area contributed by atoms with Crippen LogP contribution in [0.4, 0.5) is 13.2 Å². The third-order valence-electron chi connectivity index (χ3n) is 2.97. The van der Waals surface area contributed by atoms with Gasteiger partial charge in [-0.05, 0) is 49.3 Å². The quantitative estimate of drug-likeness (QED) is 0.719. The molecule has 1 aromatic carbocycles.